The van der Waals surface area contributed by atoms with Crippen molar-refractivity contribution in [3.8, 4) is 11.5 Å². The molecule has 118 valence electrons. The summed E-state index contributed by atoms with van der Waals surface area (Å²) in [7, 11) is 0. The minimum atomic E-state index is -0.0829. The first-order valence-electron chi connectivity index (χ1n) is 7.12. The first-order chi connectivity index (χ1) is 11.1. The molecule has 1 N–H and O–H groups in total. The van der Waals surface area contributed by atoms with Crippen molar-refractivity contribution >= 4 is 28.8 Å². The number of carbonyl (C=O) groups is 1. The van der Waals surface area contributed by atoms with E-state index in [2.05, 4.69) is 10.3 Å². The Balaban J connectivity index is 1.70. The summed E-state index contributed by atoms with van der Waals surface area (Å²) < 4.78 is 5.71. The molecule has 0 aliphatic carbocycles. The van der Waals surface area contributed by atoms with Crippen LogP contribution >= 0.6 is 22.9 Å². The average molecular weight is 347 g/mol. The maximum atomic E-state index is 10.9. The predicted octanol–water partition coefficient (Wildman–Crippen LogP) is 4.28. The second-order valence-corrected chi connectivity index (χ2v) is 6.49. The number of rotatable bonds is 5. The molecule has 3 aromatic rings. The molecule has 2 heterocycles. The smallest absolute Gasteiger partial charge is 0.217 e. The molecule has 6 heteroatoms. The highest BCUT2D eigenvalue weighted by molar-refractivity contribution is 7.10. The van der Waals surface area contributed by atoms with Crippen molar-refractivity contribution in [1.29, 1.82) is 0 Å². The summed E-state index contributed by atoms with van der Waals surface area (Å²) in [6, 6.07) is 11.5. The summed E-state index contributed by atoms with van der Waals surface area (Å²) in [4.78, 5) is 15.5. The quantitative estimate of drug-likeness (QED) is 0.750. The van der Waals surface area contributed by atoms with Crippen molar-refractivity contribution in [1.82, 2.24) is 10.3 Å². The lowest BCUT2D eigenvalue weighted by atomic mass is 10.2. The Kier molecular flexibility index (Phi) is 4.79. The molecule has 0 spiro atoms. The minimum absolute atomic E-state index is 0.0829. The van der Waals surface area contributed by atoms with Gasteiger partial charge in [0.1, 0.15) is 11.5 Å². The van der Waals surface area contributed by atoms with Gasteiger partial charge in [0.25, 0.3) is 0 Å². The molecular weight excluding hydrogens is 332 g/mol. The fourth-order valence-corrected chi connectivity index (χ4v) is 3.18. The molecule has 0 aliphatic rings. The van der Waals surface area contributed by atoms with Crippen LogP contribution in [0.3, 0.4) is 0 Å². The normalized spacial score (nSPS) is 10.7. The van der Waals surface area contributed by atoms with Crippen molar-refractivity contribution in [2.45, 2.75) is 19.9 Å². The van der Waals surface area contributed by atoms with Crippen LogP contribution in [0.5, 0.6) is 0 Å². The van der Waals surface area contributed by atoms with E-state index in [0.29, 0.717) is 18.1 Å². The number of benzene rings is 1. The van der Waals surface area contributed by atoms with Crippen LogP contribution < -0.4 is 5.32 Å². The molecule has 4 nitrogen and oxygen atoms in total. The van der Waals surface area contributed by atoms with E-state index in [0.717, 1.165) is 27.7 Å². The van der Waals surface area contributed by atoms with Gasteiger partial charge >= 0.3 is 0 Å². The van der Waals surface area contributed by atoms with Gasteiger partial charge in [-0.3, -0.25) is 4.79 Å². The maximum absolute atomic E-state index is 10.9. The Bertz CT molecular complexity index is 825. The molecule has 0 saturated heterocycles. The van der Waals surface area contributed by atoms with E-state index in [1.165, 1.54) is 6.92 Å². The number of aromatic nitrogens is 1. The van der Waals surface area contributed by atoms with Crippen LogP contribution in [-0.2, 0) is 17.8 Å². The van der Waals surface area contributed by atoms with Crippen LogP contribution in [0.25, 0.3) is 11.5 Å². The van der Waals surface area contributed by atoms with Gasteiger partial charge in [0, 0.05) is 23.7 Å². The van der Waals surface area contributed by atoms with Crippen LogP contribution in [0.2, 0.25) is 5.02 Å². The van der Waals surface area contributed by atoms with Gasteiger partial charge in [0.2, 0.25) is 5.91 Å². The molecule has 2 aromatic heterocycles. The molecule has 23 heavy (non-hydrogen) atoms. The molecule has 1 aromatic carbocycles. The first-order valence-corrected chi connectivity index (χ1v) is 8.38. The first kappa shape index (κ1) is 15.8. The predicted molar refractivity (Wildman–Crippen MR) is 91.6 cm³/mol. The van der Waals surface area contributed by atoms with E-state index < -0.39 is 0 Å². The van der Waals surface area contributed by atoms with Gasteiger partial charge in [-0.15, -0.1) is 11.3 Å². The Morgan fingerprint density at radius 1 is 1.35 bits per heavy atom. The highest BCUT2D eigenvalue weighted by atomic mass is 35.5. The highest BCUT2D eigenvalue weighted by Gasteiger charge is 2.10. The minimum Gasteiger partial charge on any atom is -0.458 e. The van der Waals surface area contributed by atoms with Crippen LogP contribution in [-0.4, -0.2) is 10.9 Å². The molecule has 0 fully saturated rings. The van der Waals surface area contributed by atoms with Crippen LogP contribution in [0.4, 0.5) is 0 Å². The number of amides is 1. The van der Waals surface area contributed by atoms with Crippen molar-refractivity contribution in [3.05, 3.63) is 63.1 Å². The fourth-order valence-electron chi connectivity index (χ4n) is 2.15. The Morgan fingerprint density at radius 3 is 3.00 bits per heavy atom. The lowest BCUT2D eigenvalue weighted by Crippen LogP contribution is -2.18. The average Bonchev–Trinajstić information content (AvgIpc) is 3.14. The Hall–Kier alpha value is -2.11. The second-order valence-electron chi connectivity index (χ2n) is 5.11. The maximum Gasteiger partial charge on any atom is 0.217 e. The summed E-state index contributed by atoms with van der Waals surface area (Å²) in [5, 5.41) is 6.41. The van der Waals surface area contributed by atoms with E-state index in [1.54, 1.807) is 11.3 Å². The summed E-state index contributed by atoms with van der Waals surface area (Å²) in [6.07, 6.45) is 0.741. The van der Waals surface area contributed by atoms with Gasteiger partial charge in [0.05, 0.1) is 11.6 Å². The van der Waals surface area contributed by atoms with Crippen LogP contribution in [0, 0.1) is 0 Å². The number of thiazole rings is 1. The Morgan fingerprint density at radius 2 is 2.22 bits per heavy atom. The number of halogens is 1. The summed E-state index contributed by atoms with van der Waals surface area (Å²) in [5.74, 6) is 1.33. The zero-order valence-electron chi connectivity index (χ0n) is 12.5. The molecule has 3 rings (SSSR count). The fraction of sp³-hybridized carbons (Fsp3) is 0.176. The van der Waals surface area contributed by atoms with Crippen LogP contribution in [0.1, 0.15) is 23.3 Å². The molecule has 0 saturated carbocycles. The molecule has 0 atom stereocenters. The van der Waals surface area contributed by atoms with Gasteiger partial charge in [0.15, 0.2) is 5.76 Å². The lowest BCUT2D eigenvalue weighted by molar-refractivity contribution is -0.119. The number of nitrogens with zero attached hydrogens (tertiary/aromatic N) is 1. The van der Waals surface area contributed by atoms with Gasteiger partial charge in [-0.05, 0) is 29.8 Å². The topological polar surface area (TPSA) is 55.1 Å². The summed E-state index contributed by atoms with van der Waals surface area (Å²) >= 11 is 7.59. The number of nitrogens with one attached hydrogen (secondary N) is 1. The van der Waals surface area contributed by atoms with Crippen molar-refractivity contribution < 1.29 is 9.21 Å². The number of hydrogen-bond acceptors (Lipinski definition) is 4. The number of carbonyl (C=O) groups excluding carboxylic acids is 1. The standard InChI is InChI=1S/C17H15ClN2O2S/c1-11(21)19-9-14-5-6-16(22-14)15-10-23-17(20-15)8-12-3-2-4-13(18)7-12/h2-7,10H,8-9H2,1H3,(H,19,21). The SMILES string of the molecule is CC(=O)NCc1ccc(-c2csc(Cc3cccc(Cl)c3)n2)o1. The van der Waals surface area contributed by atoms with Gasteiger partial charge in [-0.2, -0.15) is 0 Å². The molecular formula is C17H15ClN2O2S. The third-order valence-corrected chi connectivity index (χ3v) is 4.31. The van der Waals surface area contributed by atoms with E-state index in [9.17, 15) is 4.79 Å². The van der Waals surface area contributed by atoms with Gasteiger partial charge in [-0.1, -0.05) is 23.7 Å². The lowest BCUT2D eigenvalue weighted by Gasteiger charge is -1.98. The third-order valence-electron chi connectivity index (χ3n) is 3.22. The van der Waals surface area contributed by atoms with Crippen molar-refractivity contribution in [3.63, 3.8) is 0 Å². The number of furan rings is 1. The zero-order valence-corrected chi connectivity index (χ0v) is 14.1. The van der Waals surface area contributed by atoms with Crippen molar-refractivity contribution in [2.24, 2.45) is 0 Å². The summed E-state index contributed by atoms with van der Waals surface area (Å²) in [6.45, 7) is 1.86. The van der Waals surface area contributed by atoms with E-state index in [-0.39, 0.29) is 5.91 Å². The van der Waals surface area contributed by atoms with Gasteiger partial charge in [-0.25, -0.2) is 4.98 Å². The molecule has 0 radical (unpaired) electrons. The zero-order chi connectivity index (χ0) is 16.2. The molecule has 0 aliphatic heterocycles. The highest BCUT2D eigenvalue weighted by Crippen LogP contribution is 2.25. The monoisotopic (exact) mass is 346 g/mol. The van der Waals surface area contributed by atoms with E-state index in [4.69, 9.17) is 16.0 Å². The largest absolute Gasteiger partial charge is 0.458 e. The van der Waals surface area contributed by atoms with Gasteiger partial charge < -0.3 is 9.73 Å². The third kappa shape index (κ3) is 4.21. The summed E-state index contributed by atoms with van der Waals surface area (Å²) in [5.41, 5.74) is 1.94. The van der Waals surface area contributed by atoms with Crippen LogP contribution in [0.15, 0.2) is 46.2 Å². The molecule has 1 amide bonds. The molecule has 0 unspecified atom stereocenters. The molecule has 0 bridgehead atoms. The van der Waals surface area contributed by atoms with E-state index >= 15 is 0 Å². The van der Waals surface area contributed by atoms with E-state index in [1.807, 2.05) is 41.8 Å². The van der Waals surface area contributed by atoms with Crippen molar-refractivity contribution in [2.75, 3.05) is 0 Å². The Labute approximate surface area is 143 Å². The number of hydrogen-bond donors (Lipinski definition) is 1. The second kappa shape index (κ2) is 6.98.